The minimum absolute atomic E-state index is 0.293. The minimum atomic E-state index is 0.293. The normalized spacial score (nSPS) is 23.7. The van der Waals surface area contributed by atoms with Crippen LogP contribution in [0.4, 0.5) is 0 Å². The van der Waals surface area contributed by atoms with Crippen LogP contribution in [0.25, 0.3) is 0 Å². The SMILES string of the molecule is CCCCN1CC(c2ccccc2)OP1. The fraction of sp³-hybridized carbons (Fsp3) is 0.500. The Morgan fingerprint density at radius 3 is 2.93 bits per heavy atom. The summed E-state index contributed by atoms with van der Waals surface area (Å²) in [5, 5.41) is 0. The van der Waals surface area contributed by atoms with Crippen LogP contribution in [-0.2, 0) is 4.52 Å². The van der Waals surface area contributed by atoms with E-state index in [1.54, 1.807) is 0 Å². The van der Waals surface area contributed by atoms with Crippen molar-refractivity contribution in [1.29, 1.82) is 0 Å². The van der Waals surface area contributed by atoms with E-state index in [9.17, 15) is 0 Å². The molecule has 82 valence electrons. The fourth-order valence-electron chi connectivity index (χ4n) is 1.74. The maximum Gasteiger partial charge on any atom is 0.101 e. The minimum Gasteiger partial charge on any atom is -0.337 e. The lowest BCUT2D eigenvalue weighted by molar-refractivity contribution is 0.264. The summed E-state index contributed by atoms with van der Waals surface area (Å²) in [4.78, 5) is 0. The number of nitrogens with zero attached hydrogens (tertiary/aromatic N) is 1. The molecule has 15 heavy (non-hydrogen) atoms. The van der Waals surface area contributed by atoms with E-state index in [0.29, 0.717) is 15.1 Å². The Hall–Kier alpha value is -0.430. The summed E-state index contributed by atoms with van der Waals surface area (Å²) in [7, 11) is 0.549. The second-order valence-electron chi connectivity index (χ2n) is 3.91. The number of unbranched alkanes of at least 4 members (excludes halogenated alkanes) is 1. The van der Waals surface area contributed by atoms with E-state index >= 15 is 0 Å². The number of rotatable bonds is 4. The highest BCUT2D eigenvalue weighted by molar-refractivity contribution is 7.29. The van der Waals surface area contributed by atoms with E-state index in [1.165, 1.54) is 24.9 Å². The first-order valence-corrected chi connectivity index (χ1v) is 6.47. The van der Waals surface area contributed by atoms with E-state index in [-0.39, 0.29) is 0 Å². The molecule has 1 aromatic carbocycles. The van der Waals surface area contributed by atoms with Gasteiger partial charge in [-0.05, 0) is 12.0 Å². The van der Waals surface area contributed by atoms with Crippen LogP contribution in [0.3, 0.4) is 0 Å². The first-order valence-electron chi connectivity index (χ1n) is 5.61. The molecule has 1 heterocycles. The molecule has 0 saturated carbocycles. The molecule has 1 aliphatic rings. The molecule has 1 aromatic rings. The lowest BCUT2D eigenvalue weighted by atomic mass is 10.1. The summed E-state index contributed by atoms with van der Waals surface area (Å²) in [6.45, 7) is 4.47. The molecule has 2 atom stereocenters. The van der Waals surface area contributed by atoms with Gasteiger partial charge in [0.2, 0.25) is 0 Å². The van der Waals surface area contributed by atoms with Gasteiger partial charge in [-0.15, -0.1) is 0 Å². The largest absolute Gasteiger partial charge is 0.337 e. The molecule has 0 spiro atoms. The molecule has 0 amide bonds. The van der Waals surface area contributed by atoms with Crippen LogP contribution in [0.1, 0.15) is 31.4 Å². The van der Waals surface area contributed by atoms with Crippen LogP contribution in [0.2, 0.25) is 0 Å². The van der Waals surface area contributed by atoms with Gasteiger partial charge in [-0.25, -0.2) is 0 Å². The average molecular weight is 223 g/mol. The Kier molecular flexibility index (Phi) is 4.13. The van der Waals surface area contributed by atoms with Gasteiger partial charge >= 0.3 is 0 Å². The highest BCUT2D eigenvalue weighted by Gasteiger charge is 2.23. The number of benzene rings is 1. The van der Waals surface area contributed by atoms with Crippen molar-refractivity contribution in [2.24, 2.45) is 0 Å². The summed E-state index contributed by atoms with van der Waals surface area (Å²) >= 11 is 0. The summed E-state index contributed by atoms with van der Waals surface area (Å²) in [5.41, 5.74) is 1.31. The van der Waals surface area contributed by atoms with Crippen molar-refractivity contribution in [3.8, 4) is 0 Å². The van der Waals surface area contributed by atoms with Gasteiger partial charge in [0, 0.05) is 13.1 Å². The van der Waals surface area contributed by atoms with Crippen LogP contribution in [-0.4, -0.2) is 17.8 Å². The highest BCUT2D eigenvalue weighted by atomic mass is 31.1. The summed E-state index contributed by atoms with van der Waals surface area (Å²) < 4.78 is 8.22. The molecule has 1 fully saturated rings. The Bertz CT molecular complexity index is 291. The quantitative estimate of drug-likeness (QED) is 0.725. The predicted molar refractivity (Wildman–Crippen MR) is 65.1 cm³/mol. The van der Waals surface area contributed by atoms with Gasteiger partial charge in [-0.3, -0.25) is 4.67 Å². The Morgan fingerprint density at radius 2 is 2.20 bits per heavy atom. The second-order valence-corrected chi connectivity index (χ2v) is 4.96. The average Bonchev–Trinajstić information content (AvgIpc) is 2.76. The summed E-state index contributed by atoms with van der Waals surface area (Å²) in [5.74, 6) is 0. The smallest absolute Gasteiger partial charge is 0.101 e. The van der Waals surface area contributed by atoms with Crippen molar-refractivity contribution in [3.63, 3.8) is 0 Å². The molecule has 0 radical (unpaired) electrons. The molecular weight excluding hydrogens is 205 g/mol. The van der Waals surface area contributed by atoms with E-state index in [4.69, 9.17) is 4.52 Å². The molecule has 2 unspecified atom stereocenters. The molecule has 2 nitrogen and oxygen atoms in total. The van der Waals surface area contributed by atoms with E-state index in [2.05, 4.69) is 41.9 Å². The maximum absolute atomic E-state index is 5.80. The van der Waals surface area contributed by atoms with Gasteiger partial charge in [0.1, 0.15) is 6.10 Å². The van der Waals surface area contributed by atoms with Crippen LogP contribution >= 0.6 is 8.96 Å². The zero-order chi connectivity index (χ0) is 10.5. The van der Waals surface area contributed by atoms with Gasteiger partial charge in [-0.1, -0.05) is 43.7 Å². The van der Waals surface area contributed by atoms with Crippen molar-refractivity contribution in [1.82, 2.24) is 4.67 Å². The zero-order valence-corrected chi connectivity index (χ0v) is 10.1. The lowest BCUT2D eigenvalue weighted by Crippen LogP contribution is -2.15. The third-order valence-electron chi connectivity index (χ3n) is 2.66. The van der Waals surface area contributed by atoms with Crippen molar-refractivity contribution in [2.75, 3.05) is 13.1 Å². The van der Waals surface area contributed by atoms with Crippen LogP contribution in [0.15, 0.2) is 30.3 Å². The third kappa shape index (κ3) is 3.01. The van der Waals surface area contributed by atoms with Crippen molar-refractivity contribution in [3.05, 3.63) is 35.9 Å². The van der Waals surface area contributed by atoms with Gasteiger partial charge in [0.15, 0.2) is 0 Å². The molecular formula is C12H18NOP. The standard InChI is InChI=1S/C12H18NOP/c1-2-3-9-13-10-12(14-15-13)11-7-5-4-6-8-11/h4-8,12,15H,2-3,9-10H2,1H3. The van der Waals surface area contributed by atoms with E-state index in [1.807, 2.05) is 0 Å². The lowest BCUT2D eigenvalue weighted by Gasteiger charge is -2.11. The van der Waals surface area contributed by atoms with Gasteiger partial charge in [0.25, 0.3) is 0 Å². The first kappa shape index (κ1) is 11.1. The molecule has 2 rings (SSSR count). The third-order valence-corrected chi connectivity index (χ3v) is 3.72. The molecule has 0 aliphatic carbocycles. The van der Waals surface area contributed by atoms with Gasteiger partial charge in [0.05, 0.1) is 8.96 Å². The van der Waals surface area contributed by atoms with Crippen molar-refractivity contribution >= 4 is 8.96 Å². The van der Waals surface area contributed by atoms with Crippen LogP contribution in [0.5, 0.6) is 0 Å². The number of hydrogen-bond donors (Lipinski definition) is 0. The van der Waals surface area contributed by atoms with Crippen molar-refractivity contribution in [2.45, 2.75) is 25.9 Å². The molecule has 1 aliphatic heterocycles. The molecule has 0 N–H and O–H groups in total. The molecule has 3 heteroatoms. The summed E-state index contributed by atoms with van der Waals surface area (Å²) in [6.07, 6.45) is 2.83. The second kappa shape index (κ2) is 5.60. The Balaban J connectivity index is 1.87. The van der Waals surface area contributed by atoms with Crippen molar-refractivity contribution < 1.29 is 4.52 Å². The molecule has 1 saturated heterocycles. The first-order chi connectivity index (χ1) is 7.40. The Morgan fingerprint density at radius 1 is 1.40 bits per heavy atom. The maximum atomic E-state index is 5.80. The monoisotopic (exact) mass is 223 g/mol. The fourth-order valence-corrected chi connectivity index (χ4v) is 2.72. The summed E-state index contributed by atoms with van der Waals surface area (Å²) in [6, 6.07) is 10.5. The van der Waals surface area contributed by atoms with Gasteiger partial charge < -0.3 is 4.52 Å². The Labute approximate surface area is 93.5 Å². The molecule has 0 bridgehead atoms. The van der Waals surface area contributed by atoms with Crippen LogP contribution < -0.4 is 0 Å². The van der Waals surface area contributed by atoms with Crippen LogP contribution in [0, 0.1) is 0 Å². The van der Waals surface area contributed by atoms with E-state index < -0.39 is 0 Å². The highest BCUT2D eigenvalue weighted by Crippen LogP contribution is 2.38. The molecule has 0 aromatic heterocycles. The van der Waals surface area contributed by atoms with Gasteiger partial charge in [-0.2, -0.15) is 0 Å². The zero-order valence-electron chi connectivity index (χ0n) is 9.15. The predicted octanol–water partition coefficient (Wildman–Crippen LogP) is 3.37. The van der Waals surface area contributed by atoms with E-state index in [0.717, 1.165) is 6.54 Å². The number of hydrogen-bond acceptors (Lipinski definition) is 2. The topological polar surface area (TPSA) is 12.5 Å².